The zero-order chi connectivity index (χ0) is 8.20. The molecule has 0 rings (SSSR count). The summed E-state index contributed by atoms with van der Waals surface area (Å²) < 4.78 is 0. The molecule has 0 spiro atoms. The van der Waals surface area contributed by atoms with Gasteiger partial charge in [0.2, 0.25) is 0 Å². The van der Waals surface area contributed by atoms with E-state index in [1.807, 2.05) is 0 Å². The summed E-state index contributed by atoms with van der Waals surface area (Å²) >= 11 is 0. The van der Waals surface area contributed by atoms with E-state index in [0.29, 0.717) is 0 Å². The standard InChI is InChI=1S/C9H20Si/c1-6-8-9(7-2)10(3,4)5/h8H,6-7H2,1-5H3/b9-8-. The lowest BCUT2D eigenvalue weighted by molar-refractivity contribution is 1.11. The van der Waals surface area contributed by atoms with Crippen LogP contribution in [0.4, 0.5) is 0 Å². The average molecular weight is 156 g/mol. The third-order valence-corrected chi connectivity index (χ3v) is 4.28. The Labute approximate surface area is 66.4 Å². The van der Waals surface area contributed by atoms with Gasteiger partial charge in [0.15, 0.2) is 0 Å². The molecule has 0 bridgehead atoms. The third kappa shape index (κ3) is 3.21. The largest absolute Gasteiger partial charge is 0.0895 e. The van der Waals surface area contributed by atoms with Crippen LogP contribution >= 0.6 is 0 Å². The van der Waals surface area contributed by atoms with Gasteiger partial charge in [-0.3, -0.25) is 0 Å². The van der Waals surface area contributed by atoms with Crippen molar-refractivity contribution in [3.63, 3.8) is 0 Å². The van der Waals surface area contributed by atoms with E-state index in [2.05, 4.69) is 39.6 Å². The van der Waals surface area contributed by atoms with Crippen molar-refractivity contribution in [2.45, 2.75) is 46.3 Å². The van der Waals surface area contributed by atoms with E-state index < -0.39 is 8.07 Å². The van der Waals surface area contributed by atoms with Crippen LogP contribution < -0.4 is 0 Å². The first-order chi connectivity index (χ1) is 4.52. The van der Waals surface area contributed by atoms with Gasteiger partial charge in [0.1, 0.15) is 0 Å². The van der Waals surface area contributed by atoms with E-state index in [1.165, 1.54) is 12.8 Å². The molecule has 0 saturated carbocycles. The van der Waals surface area contributed by atoms with Crippen LogP contribution in [0.3, 0.4) is 0 Å². The Bertz CT molecular complexity index is 117. The molecule has 0 aliphatic rings. The highest BCUT2D eigenvalue weighted by atomic mass is 28.3. The summed E-state index contributed by atoms with van der Waals surface area (Å²) in [7, 11) is -0.947. The van der Waals surface area contributed by atoms with Crippen LogP contribution in [0.15, 0.2) is 11.3 Å². The van der Waals surface area contributed by atoms with Crippen LogP contribution in [0, 0.1) is 0 Å². The quantitative estimate of drug-likeness (QED) is 0.548. The van der Waals surface area contributed by atoms with Crippen molar-refractivity contribution < 1.29 is 0 Å². The second-order valence-corrected chi connectivity index (χ2v) is 8.88. The van der Waals surface area contributed by atoms with Crippen LogP contribution in [-0.2, 0) is 0 Å². The number of rotatable bonds is 3. The van der Waals surface area contributed by atoms with Gasteiger partial charge in [-0.1, -0.05) is 44.8 Å². The van der Waals surface area contributed by atoms with Crippen molar-refractivity contribution in [3.8, 4) is 0 Å². The molecule has 1 heteroatoms. The van der Waals surface area contributed by atoms with Crippen LogP contribution in [0.25, 0.3) is 0 Å². The zero-order valence-corrected chi connectivity index (χ0v) is 8.99. The summed E-state index contributed by atoms with van der Waals surface area (Å²) in [5.74, 6) is 0. The van der Waals surface area contributed by atoms with Crippen LogP contribution in [-0.4, -0.2) is 8.07 Å². The predicted molar refractivity (Wildman–Crippen MR) is 52.0 cm³/mol. The molecule has 0 aromatic heterocycles. The molecule has 0 amide bonds. The molecule has 0 aliphatic heterocycles. The average Bonchev–Trinajstić information content (AvgIpc) is 1.80. The normalized spacial score (nSPS) is 13.9. The number of allylic oxidation sites excluding steroid dienone is 2. The molecule has 60 valence electrons. The van der Waals surface area contributed by atoms with Crippen LogP contribution in [0.5, 0.6) is 0 Å². The van der Waals surface area contributed by atoms with Gasteiger partial charge in [0, 0.05) is 0 Å². The predicted octanol–water partition coefficient (Wildman–Crippen LogP) is 3.61. The SMILES string of the molecule is CC/C=C(/CC)[Si](C)(C)C. The fraction of sp³-hybridized carbons (Fsp3) is 0.778. The van der Waals surface area contributed by atoms with Crippen molar-refractivity contribution >= 4 is 8.07 Å². The summed E-state index contributed by atoms with van der Waals surface area (Å²) in [6.45, 7) is 11.7. The van der Waals surface area contributed by atoms with Gasteiger partial charge < -0.3 is 0 Å². The van der Waals surface area contributed by atoms with Crippen molar-refractivity contribution in [3.05, 3.63) is 11.3 Å². The van der Waals surface area contributed by atoms with Gasteiger partial charge in [0.05, 0.1) is 8.07 Å². The summed E-state index contributed by atoms with van der Waals surface area (Å²) in [5.41, 5.74) is 0. The Morgan fingerprint density at radius 3 is 1.80 bits per heavy atom. The molecule has 0 unspecified atom stereocenters. The first kappa shape index (κ1) is 9.96. The maximum Gasteiger partial charge on any atom is 0.0720 e. The van der Waals surface area contributed by atoms with E-state index in [1.54, 1.807) is 5.20 Å². The Morgan fingerprint density at radius 1 is 1.20 bits per heavy atom. The molecule has 0 aromatic carbocycles. The van der Waals surface area contributed by atoms with Crippen LogP contribution in [0.2, 0.25) is 19.6 Å². The Morgan fingerprint density at radius 2 is 1.70 bits per heavy atom. The molecule has 0 saturated heterocycles. The fourth-order valence-electron chi connectivity index (χ4n) is 1.23. The molecular formula is C9H20Si. The van der Waals surface area contributed by atoms with Gasteiger partial charge in [-0.15, -0.1) is 0 Å². The smallest absolute Gasteiger partial charge is 0.0720 e. The molecule has 0 N–H and O–H groups in total. The highest BCUT2D eigenvalue weighted by Crippen LogP contribution is 2.17. The summed E-state index contributed by atoms with van der Waals surface area (Å²) in [5, 5.41) is 1.72. The molecule has 0 aliphatic carbocycles. The number of hydrogen-bond donors (Lipinski definition) is 0. The Balaban J connectivity index is 4.21. The minimum absolute atomic E-state index is 0.947. The van der Waals surface area contributed by atoms with Gasteiger partial charge in [-0.2, -0.15) is 0 Å². The van der Waals surface area contributed by atoms with Crippen molar-refractivity contribution in [1.82, 2.24) is 0 Å². The maximum absolute atomic E-state index is 2.41. The highest BCUT2D eigenvalue weighted by molar-refractivity contribution is 6.83. The zero-order valence-electron chi connectivity index (χ0n) is 7.99. The molecule has 0 fully saturated rings. The van der Waals surface area contributed by atoms with Gasteiger partial charge in [0.25, 0.3) is 0 Å². The summed E-state index contributed by atoms with van der Waals surface area (Å²) in [6, 6.07) is 0. The molecule has 10 heavy (non-hydrogen) atoms. The maximum atomic E-state index is 2.41. The van der Waals surface area contributed by atoms with E-state index in [-0.39, 0.29) is 0 Å². The first-order valence-electron chi connectivity index (χ1n) is 4.21. The topological polar surface area (TPSA) is 0 Å². The lowest BCUT2D eigenvalue weighted by Gasteiger charge is -2.19. The highest BCUT2D eigenvalue weighted by Gasteiger charge is 2.16. The van der Waals surface area contributed by atoms with E-state index in [0.717, 1.165) is 0 Å². The van der Waals surface area contributed by atoms with Crippen molar-refractivity contribution in [2.24, 2.45) is 0 Å². The Hall–Kier alpha value is -0.0431. The second kappa shape index (κ2) is 3.97. The lowest BCUT2D eigenvalue weighted by atomic mass is 10.3. The fourth-order valence-corrected chi connectivity index (χ4v) is 3.10. The molecule has 0 aromatic rings. The molecular weight excluding hydrogens is 136 g/mol. The second-order valence-electron chi connectivity index (χ2n) is 3.74. The lowest BCUT2D eigenvalue weighted by Crippen LogP contribution is -2.23. The number of hydrogen-bond acceptors (Lipinski definition) is 0. The van der Waals surface area contributed by atoms with E-state index in [9.17, 15) is 0 Å². The summed E-state index contributed by atoms with van der Waals surface area (Å²) in [6.07, 6.45) is 4.86. The Kier molecular flexibility index (Phi) is 3.95. The third-order valence-electron chi connectivity index (χ3n) is 1.79. The van der Waals surface area contributed by atoms with E-state index in [4.69, 9.17) is 0 Å². The molecule has 0 heterocycles. The molecule has 0 atom stereocenters. The van der Waals surface area contributed by atoms with Crippen LogP contribution in [0.1, 0.15) is 26.7 Å². The van der Waals surface area contributed by atoms with Gasteiger partial charge in [-0.25, -0.2) is 0 Å². The van der Waals surface area contributed by atoms with Gasteiger partial charge >= 0.3 is 0 Å². The van der Waals surface area contributed by atoms with Gasteiger partial charge in [-0.05, 0) is 12.8 Å². The summed E-state index contributed by atoms with van der Waals surface area (Å²) in [4.78, 5) is 0. The van der Waals surface area contributed by atoms with E-state index >= 15 is 0 Å². The molecule has 0 radical (unpaired) electrons. The monoisotopic (exact) mass is 156 g/mol. The minimum Gasteiger partial charge on any atom is -0.0895 e. The van der Waals surface area contributed by atoms with Crippen molar-refractivity contribution in [1.29, 1.82) is 0 Å². The molecule has 0 nitrogen and oxygen atoms in total. The first-order valence-corrected chi connectivity index (χ1v) is 7.71. The minimum atomic E-state index is -0.947. The van der Waals surface area contributed by atoms with Crippen molar-refractivity contribution in [2.75, 3.05) is 0 Å².